The summed E-state index contributed by atoms with van der Waals surface area (Å²) in [6.07, 6.45) is 13.4. The Morgan fingerprint density at radius 1 is 1.23 bits per heavy atom. The topological polar surface area (TPSA) is 70.7 Å². The minimum Gasteiger partial charge on any atom is -0.444 e. The third-order valence-corrected chi connectivity index (χ3v) is 6.71. The van der Waals surface area contributed by atoms with Crippen molar-refractivity contribution in [1.29, 1.82) is 0 Å². The van der Waals surface area contributed by atoms with Gasteiger partial charge in [-0.05, 0) is 52.4 Å². The van der Waals surface area contributed by atoms with Gasteiger partial charge in [-0.2, -0.15) is 0 Å². The minimum atomic E-state index is -1.30. The lowest BCUT2D eigenvalue weighted by Gasteiger charge is -2.53. The van der Waals surface area contributed by atoms with Crippen molar-refractivity contribution in [1.82, 2.24) is 15.5 Å². The Hall–Kier alpha value is -2.15. The highest BCUT2D eigenvalue weighted by atomic mass is 19.1. The summed E-state index contributed by atoms with van der Waals surface area (Å²) in [4.78, 5) is 28.1. The lowest BCUT2D eigenvalue weighted by atomic mass is 9.75. The molecule has 1 saturated carbocycles. The van der Waals surface area contributed by atoms with Gasteiger partial charge in [0.05, 0.1) is 18.0 Å². The SMILES string of the molecule is CC(C)(C)OC(=O)N[C@@H](C1CCC1)C1NC2CC=CC(F)C2C(=O)N1C1C=CC=CC1. The third-order valence-electron chi connectivity index (χ3n) is 6.71. The standard InChI is InChI=1S/C24H34FN3O3/c1-24(2,3)31-23(30)27-20(15-9-7-10-15)21-26-18-14-8-13-17(25)19(18)22(29)28(21)16-11-5-4-6-12-16/h4-6,8,11,13,15-21,26H,7,9-10,12,14H2,1-3H3,(H,27,30)/t16?,17?,18?,19?,20-,21?/m0/s1. The second-order valence-corrected chi connectivity index (χ2v) is 10.1. The van der Waals surface area contributed by atoms with Gasteiger partial charge in [-0.3, -0.25) is 10.1 Å². The van der Waals surface area contributed by atoms with E-state index in [4.69, 9.17) is 4.74 Å². The predicted octanol–water partition coefficient (Wildman–Crippen LogP) is 3.61. The van der Waals surface area contributed by atoms with Gasteiger partial charge in [-0.15, -0.1) is 0 Å². The molecule has 1 aliphatic heterocycles. The molecule has 1 heterocycles. The molecule has 5 unspecified atom stereocenters. The van der Waals surface area contributed by atoms with Crippen molar-refractivity contribution in [2.24, 2.45) is 11.8 Å². The predicted molar refractivity (Wildman–Crippen MR) is 117 cm³/mol. The maximum absolute atomic E-state index is 14.8. The summed E-state index contributed by atoms with van der Waals surface area (Å²) in [5.41, 5.74) is -0.610. The van der Waals surface area contributed by atoms with E-state index in [9.17, 15) is 14.0 Å². The van der Waals surface area contributed by atoms with Crippen LogP contribution < -0.4 is 10.6 Å². The van der Waals surface area contributed by atoms with Crippen molar-refractivity contribution in [2.45, 2.75) is 88.9 Å². The van der Waals surface area contributed by atoms with Gasteiger partial charge in [0.25, 0.3) is 0 Å². The monoisotopic (exact) mass is 431 g/mol. The average molecular weight is 432 g/mol. The normalized spacial score (nSPS) is 34.1. The summed E-state index contributed by atoms with van der Waals surface area (Å²) in [6, 6.07) is -0.742. The van der Waals surface area contributed by atoms with Crippen molar-refractivity contribution in [3.8, 4) is 0 Å². The number of nitrogens with zero attached hydrogens (tertiary/aromatic N) is 1. The van der Waals surface area contributed by atoms with Crippen LogP contribution in [-0.4, -0.2) is 53.0 Å². The van der Waals surface area contributed by atoms with Crippen LogP contribution in [0.5, 0.6) is 0 Å². The van der Waals surface area contributed by atoms with Crippen LogP contribution in [-0.2, 0) is 9.53 Å². The molecule has 31 heavy (non-hydrogen) atoms. The van der Waals surface area contributed by atoms with Gasteiger partial charge in [0.2, 0.25) is 5.91 Å². The molecule has 6 nitrogen and oxygen atoms in total. The van der Waals surface area contributed by atoms with E-state index in [-0.39, 0.29) is 30.0 Å². The van der Waals surface area contributed by atoms with Crippen LogP contribution >= 0.6 is 0 Å². The zero-order chi connectivity index (χ0) is 22.2. The lowest BCUT2D eigenvalue weighted by Crippen LogP contribution is -2.73. The fourth-order valence-electron chi connectivity index (χ4n) is 5.05. The molecule has 0 radical (unpaired) electrons. The van der Waals surface area contributed by atoms with Gasteiger partial charge in [0.15, 0.2) is 0 Å². The molecule has 0 spiro atoms. The van der Waals surface area contributed by atoms with E-state index in [0.29, 0.717) is 12.8 Å². The highest BCUT2D eigenvalue weighted by molar-refractivity contribution is 5.83. The molecular weight excluding hydrogens is 397 g/mol. The van der Waals surface area contributed by atoms with Crippen LogP contribution in [0.1, 0.15) is 52.9 Å². The van der Waals surface area contributed by atoms with Gasteiger partial charge in [0, 0.05) is 6.04 Å². The largest absolute Gasteiger partial charge is 0.444 e. The summed E-state index contributed by atoms with van der Waals surface area (Å²) < 4.78 is 20.3. The Bertz CT molecular complexity index is 783. The summed E-state index contributed by atoms with van der Waals surface area (Å²) in [7, 11) is 0. The van der Waals surface area contributed by atoms with Gasteiger partial charge in [-0.1, -0.05) is 42.9 Å². The summed E-state index contributed by atoms with van der Waals surface area (Å²) in [6.45, 7) is 5.50. The van der Waals surface area contributed by atoms with Crippen molar-refractivity contribution in [2.75, 3.05) is 0 Å². The van der Waals surface area contributed by atoms with Crippen LogP contribution in [0.2, 0.25) is 0 Å². The molecule has 0 aromatic carbocycles. The van der Waals surface area contributed by atoms with E-state index in [1.54, 1.807) is 4.90 Å². The average Bonchev–Trinajstić information content (AvgIpc) is 2.65. The molecule has 4 aliphatic rings. The molecular formula is C24H34FN3O3. The van der Waals surface area contributed by atoms with Crippen LogP contribution in [0.25, 0.3) is 0 Å². The summed E-state index contributed by atoms with van der Waals surface area (Å²) in [5, 5.41) is 6.64. The van der Waals surface area contributed by atoms with Crippen LogP contribution in [0.3, 0.4) is 0 Å². The summed E-state index contributed by atoms with van der Waals surface area (Å²) >= 11 is 0. The molecule has 7 heteroatoms. The highest BCUT2D eigenvalue weighted by Crippen LogP contribution is 2.37. The maximum atomic E-state index is 14.8. The number of allylic oxidation sites excluding steroid dienone is 3. The van der Waals surface area contributed by atoms with Gasteiger partial charge in [0.1, 0.15) is 17.9 Å². The van der Waals surface area contributed by atoms with Gasteiger partial charge < -0.3 is 15.0 Å². The fourth-order valence-corrected chi connectivity index (χ4v) is 5.05. The quantitative estimate of drug-likeness (QED) is 0.667. The van der Waals surface area contributed by atoms with E-state index in [1.165, 1.54) is 6.08 Å². The number of hydrogen-bond acceptors (Lipinski definition) is 4. The Morgan fingerprint density at radius 3 is 2.61 bits per heavy atom. The van der Waals surface area contributed by atoms with Crippen molar-refractivity contribution >= 4 is 12.0 Å². The third kappa shape index (κ3) is 4.71. The molecule has 4 rings (SSSR count). The number of ether oxygens (including phenoxy) is 1. The Morgan fingerprint density at radius 2 is 2.00 bits per heavy atom. The Labute approximate surface area is 184 Å². The molecule has 0 aromatic heterocycles. The number of halogens is 1. The molecule has 170 valence electrons. The number of carbonyl (C=O) groups is 2. The van der Waals surface area contributed by atoms with Gasteiger partial charge in [-0.25, -0.2) is 9.18 Å². The molecule has 2 amide bonds. The first-order valence-electron chi connectivity index (χ1n) is 11.5. The first-order valence-corrected chi connectivity index (χ1v) is 11.5. The number of hydrogen-bond donors (Lipinski definition) is 2. The van der Waals surface area contributed by atoms with E-state index >= 15 is 0 Å². The number of alkyl carbamates (subject to hydrolysis) is 1. The number of fused-ring (bicyclic) bond motifs is 1. The fraction of sp³-hybridized carbons (Fsp3) is 0.667. The molecule has 2 fully saturated rings. The smallest absolute Gasteiger partial charge is 0.408 e. The first-order chi connectivity index (χ1) is 14.7. The molecule has 6 atom stereocenters. The molecule has 1 saturated heterocycles. The highest BCUT2D eigenvalue weighted by Gasteiger charge is 2.51. The number of rotatable bonds is 4. The number of nitrogens with one attached hydrogen (secondary N) is 2. The number of alkyl halides is 1. The zero-order valence-corrected chi connectivity index (χ0v) is 18.6. The summed E-state index contributed by atoms with van der Waals surface area (Å²) in [5.74, 6) is -0.657. The number of amides is 2. The molecule has 2 N–H and O–H groups in total. The van der Waals surface area contributed by atoms with Crippen LogP contribution in [0.15, 0.2) is 36.5 Å². The molecule has 0 bridgehead atoms. The van der Waals surface area contributed by atoms with E-state index in [2.05, 4.69) is 10.6 Å². The van der Waals surface area contributed by atoms with Crippen molar-refractivity contribution in [3.05, 3.63) is 36.5 Å². The maximum Gasteiger partial charge on any atom is 0.408 e. The Kier molecular flexibility index (Phi) is 6.24. The molecule has 3 aliphatic carbocycles. The Balaban J connectivity index is 1.64. The van der Waals surface area contributed by atoms with Crippen molar-refractivity contribution in [3.63, 3.8) is 0 Å². The zero-order valence-electron chi connectivity index (χ0n) is 18.6. The number of carbonyl (C=O) groups excluding carboxylic acids is 2. The van der Waals surface area contributed by atoms with Gasteiger partial charge >= 0.3 is 6.09 Å². The van der Waals surface area contributed by atoms with E-state index < -0.39 is 29.9 Å². The van der Waals surface area contributed by atoms with E-state index in [1.807, 2.05) is 51.2 Å². The first kappa shape index (κ1) is 22.1. The molecule has 0 aromatic rings. The minimum absolute atomic E-state index is 0.169. The van der Waals surface area contributed by atoms with Crippen LogP contribution in [0, 0.1) is 11.8 Å². The van der Waals surface area contributed by atoms with Crippen molar-refractivity contribution < 1.29 is 18.7 Å². The second-order valence-electron chi connectivity index (χ2n) is 10.1. The lowest BCUT2D eigenvalue weighted by molar-refractivity contribution is -0.152. The second kappa shape index (κ2) is 8.77. The van der Waals surface area contributed by atoms with Crippen LogP contribution in [0.4, 0.5) is 9.18 Å². The van der Waals surface area contributed by atoms with E-state index in [0.717, 1.165) is 19.3 Å².